The van der Waals surface area contributed by atoms with E-state index in [9.17, 15) is 9.90 Å². The molecule has 1 heterocycles. The summed E-state index contributed by atoms with van der Waals surface area (Å²) in [4.78, 5) is 13.3. The Kier molecular flexibility index (Phi) is 4.42. The van der Waals surface area contributed by atoms with Crippen LogP contribution < -0.4 is 5.32 Å². The molecule has 5 heteroatoms. The minimum absolute atomic E-state index is 0.166. The molecule has 0 bridgehead atoms. The van der Waals surface area contributed by atoms with Crippen LogP contribution in [0.4, 0.5) is 0 Å². The average Bonchev–Trinajstić information content (AvgIpc) is 2.98. The van der Waals surface area contributed by atoms with Gasteiger partial charge in [0.05, 0.1) is 7.11 Å². The minimum Gasteiger partial charge on any atom is -0.508 e. The van der Waals surface area contributed by atoms with E-state index in [4.69, 9.17) is 4.74 Å². The largest absolute Gasteiger partial charge is 0.508 e. The molecule has 20 heavy (non-hydrogen) atoms. The average molecular weight is 291 g/mol. The second-order valence-corrected chi connectivity index (χ2v) is 5.63. The number of phenols is 1. The third-order valence-corrected chi connectivity index (χ3v) is 4.11. The summed E-state index contributed by atoms with van der Waals surface area (Å²) in [6.45, 7) is 2.35. The molecule has 4 nitrogen and oxygen atoms in total. The molecule has 0 aliphatic rings. The number of thiophene rings is 1. The highest BCUT2D eigenvalue weighted by molar-refractivity contribution is 7.09. The Labute approximate surface area is 122 Å². The molecule has 0 aliphatic carbocycles. The number of benzene rings is 1. The normalized spacial score (nSPS) is 13.7. The fraction of sp³-hybridized carbons (Fsp3) is 0.267. The highest BCUT2D eigenvalue weighted by Crippen LogP contribution is 2.25. The van der Waals surface area contributed by atoms with E-state index in [-0.39, 0.29) is 11.7 Å². The van der Waals surface area contributed by atoms with Gasteiger partial charge in [-0.05, 0) is 36.1 Å². The highest BCUT2D eigenvalue weighted by Gasteiger charge is 2.35. The molecule has 2 N–H and O–H groups in total. The molecule has 2 aromatic rings. The summed E-state index contributed by atoms with van der Waals surface area (Å²) >= 11 is 1.63. The van der Waals surface area contributed by atoms with Gasteiger partial charge in [0.2, 0.25) is 0 Å². The van der Waals surface area contributed by atoms with Crippen LogP contribution in [0.25, 0.3) is 0 Å². The van der Waals surface area contributed by atoms with Crippen molar-refractivity contribution in [3.63, 3.8) is 0 Å². The van der Waals surface area contributed by atoms with Gasteiger partial charge in [-0.15, -0.1) is 11.3 Å². The fourth-order valence-corrected chi connectivity index (χ4v) is 2.61. The molecule has 0 saturated carbocycles. The quantitative estimate of drug-likeness (QED) is 0.831. The Morgan fingerprint density at radius 3 is 2.60 bits per heavy atom. The van der Waals surface area contributed by atoms with Gasteiger partial charge in [-0.2, -0.15) is 0 Å². The number of hydrogen-bond acceptors (Lipinski definition) is 5. The highest BCUT2D eigenvalue weighted by atomic mass is 32.1. The lowest BCUT2D eigenvalue weighted by molar-refractivity contribution is -0.148. The molecule has 1 aromatic carbocycles. The van der Waals surface area contributed by atoms with Gasteiger partial charge in [-0.3, -0.25) is 5.32 Å². The lowest BCUT2D eigenvalue weighted by atomic mass is 9.92. The first-order chi connectivity index (χ1) is 9.56. The Hall–Kier alpha value is -1.85. The third kappa shape index (κ3) is 3.00. The number of nitrogens with one attached hydrogen (secondary N) is 1. The first kappa shape index (κ1) is 14.6. The first-order valence-electron chi connectivity index (χ1n) is 6.21. The maximum atomic E-state index is 12.1. The van der Waals surface area contributed by atoms with Crippen LogP contribution in [-0.4, -0.2) is 18.2 Å². The van der Waals surface area contributed by atoms with E-state index in [0.717, 1.165) is 10.4 Å². The van der Waals surface area contributed by atoms with Crippen LogP contribution in [-0.2, 0) is 21.6 Å². The molecule has 0 amide bonds. The minimum atomic E-state index is -0.952. The van der Waals surface area contributed by atoms with E-state index in [1.807, 2.05) is 17.5 Å². The SMILES string of the molecule is COC(=O)C(C)(NCc1cccs1)c1ccc(O)cc1. The van der Waals surface area contributed by atoms with Gasteiger partial charge in [0.1, 0.15) is 11.3 Å². The van der Waals surface area contributed by atoms with Crippen molar-refractivity contribution in [1.29, 1.82) is 0 Å². The number of aromatic hydroxyl groups is 1. The second kappa shape index (κ2) is 6.07. The summed E-state index contributed by atoms with van der Waals surface area (Å²) in [5.41, 5.74) is -0.203. The molecule has 0 fully saturated rings. The van der Waals surface area contributed by atoms with Crippen molar-refractivity contribution in [3.8, 4) is 5.75 Å². The molecule has 2 rings (SSSR count). The standard InChI is InChI=1S/C15H17NO3S/c1-15(14(18)19-2,11-5-7-12(17)8-6-11)16-10-13-4-3-9-20-13/h3-9,16-17H,10H2,1-2H3. The molecular weight excluding hydrogens is 274 g/mol. The third-order valence-electron chi connectivity index (χ3n) is 3.23. The van der Waals surface area contributed by atoms with Crippen LogP contribution in [0.5, 0.6) is 5.75 Å². The Morgan fingerprint density at radius 2 is 2.05 bits per heavy atom. The van der Waals surface area contributed by atoms with Crippen molar-refractivity contribution in [3.05, 3.63) is 52.2 Å². The smallest absolute Gasteiger partial charge is 0.330 e. The van der Waals surface area contributed by atoms with Crippen LogP contribution in [0.2, 0.25) is 0 Å². The van der Waals surface area contributed by atoms with Gasteiger partial charge < -0.3 is 9.84 Å². The lowest BCUT2D eigenvalue weighted by Crippen LogP contribution is -2.46. The zero-order chi connectivity index (χ0) is 14.6. The summed E-state index contributed by atoms with van der Waals surface area (Å²) in [5.74, 6) is -0.195. The van der Waals surface area contributed by atoms with Crippen LogP contribution in [0.3, 0.4) is 0 Å². The van der Waals surface area contributed by atoms with E-state index in [1.165, 1.54) is 7.11 Å². The van der Waals surface area contributed by atoms with Gasteiger partial charge in [-0.25, -0.2) is 4.79 Å². The Morgan fingerprint density at radius 1 is 1.35 bits per heavy atom. The lowest BCUT2D eigenvalue weighted by Gasteiger charge is -2.28. The van der Waals surface area contributed by atoms with Gasteiger partial charge >= 0.3 is 5.97 Å². The number of rotatable bonds is 5. The van der Waals surface area contributed by atoms with Crippen molar-refractivity contribution in [2.75, 3.05) is 7.11 Å². The topological polar surface area (TPSA) is 58.6 Å². The zero-order valence-corrected chi connectivity index (χ0v) is 12.2. The fourth-order valence-electron chi connectivity index (χ4n) is 1.97. The number of hydrogen-bond donors (Lipinski definition) is 2. The summed E-state index contributed by atoms with van der Waals surface area (Å²) in [6.07, 6.45) is 0. The molecular formula is C15H17NO3S. The molecule has 1 atom stereocenters. The summed E-state index contributed by atoms with van der Waals surface area (Å²) < 4.78 is 4.91. The number of carbonyl (C=O) groups is 1. The van der Waals surface area contributed by atoms with Gasteiger partial charge in [-0.1, -0.05) is 18.2 Å². The number of ether oxygens (including phenoxy) is 1. The summed E-state index contributed by atoms with van der Waals surface area (Å²) in [7, 11) is 1.37. The molecule has 0 aliphatic heterocycles. The molecule has 0 saturated heterocycles. The molecule has 1 unspecified atom stereocenters. The Balaban J connectivity index is 2.25. The van der Waals surface area contributed by atoms with E-state index in [2.05, 4.69) is 5.32 Å². The molecule has 0 spiro atoms. The van der Waals surface area contributed by atoms with Gasteiger partial charge in [0, 0.05) is 11.4 Å². The molecule has 106 valence electrons. The van der Waals surface area contributed by atoms with Gasteiger partial charge in [0.25, 0.3) is 0 Å². The van der Waals surface area contributed by atoms with Crippen LogP contribution in [0.1, 0.15) is 17.4 Å². The van der Waals surface area contributed by atoms with E-state index in [1.54, 1.807) is 42.5 Å². The summed E-state index contributed by atoms with van der Waals surface area (Å²) in [6, 6.07) is 10.5. The van der Waals surface area contributed by atoms with Crippen molar-refractivity contribution in [1.82, 2.24) is 5.32 Å². The second-order valence-electron chi connectivity index (χ2n) is 4.60. The maximum absolute atomic E-state index is 12.1. The number of phenolic OH excluding ortho intramolecular Hbond substituents is 1. The van der Waals surface area contributed by atoms with Crippen molar-refractivity contribution >= 4 is 17.3 Å². The van der Waals surface area contributed by atoms with Crippen LogP contribution in [0, 0.1) is 0 Å². The number of carbonyl (C=O) groups excluding carboxylic acids is 1. The monoisotopic (exact) mass is 291 g/mol. The molecule has 1 aromatic heterocycles. The van der Waals surface area contributed by atoms with Crippen molar-refractivity contribution in [2.24, 2.45) is 0 Å². The first-order valence-corrected chi connectivity index (χ1v) is 7.09. The van der Waals surface area contributed by atoms with Crippen molar-refractivity contribution < 1.29 is 14.6 Å². The predicted octanol–water partition coefficient (Wildman–Crippen LogP) is 2.63. The van der Waals surface area contributed by atoms with E-state index in [0.29, 0.717) is 6.54 Å². The van der Waals surface area contributed by atoms with Crippen molar-refractivity contribution in [2.45, 2.75) is 19.0 Å². The van der Waals surface area contributed by atoms with Crippen LogP contribution >= 0.6 is 11.3 Å². The van der Waals surface area contributed by atoms with Crippen LogP contribution in [0.15, 0.2) is 41.8 Å². The zero-order valence-electron chi connectivity index (χ0n) is 11.4. The van der Waals surface area contributed by atoms with Gasteiger partial charge in [0.15, 0.2) is 0 Å². The Bertz CT molecular complexity index is 565. The number of methoxy groups -OCH3 is 1. The summed E-state index contributed by atoms with van der Waals surface area (Å²) in [5, 5.41) is 14.6. The number of esters is 1. The maximum Gasteiger partial charge on any atom is 0.330 e. The van der Waals surface area contributed by atoms with E-state index < -0.39 is 5.54 Å². The molecule has 0 radical (unpaired) electrons. The predicted molar refractivity (Wildman–Crippen MR) is 78.6 cm³/mol. The van der Waals surface area contributed by atoms with E-state index >= 15 is 0 Å².